The maximum Gasteiger partial charge on any atom is 0.192 e. The van der Waals surface area contributed by atoms with Crippen molar-refractivity contribution in [3.05, 3.63) is 63.8 Å². The summed E-state index contributed by atoms with van der Waals surface area (Å²) >= 11 is 19.0. The van der Waals surface area contributed by atoms with Crippen LogP contribution in [-0.4, -0.2) is 119 Å². The average molecular weight is 1460 g/mol. The molecule has 0 amide bonds. The normalized spacial score (nSPS) is 11.6. The summed E-state index contributed by atoms with van der Waals surface area (Å²) in [6.07, 6.45) is 0. The second kappa shape index (κ2) is 53.3. The molecule has 1 aromatic carbocycles. The molecule has 0 N–H and O–H groups in total. The lowest BCUT2D eigenvalue weighted by Crippen LogP contribution is -2.08. The van der Waals surface area contributed by atoms with Crippen LogP contribution in [0.3, 0.4) is 0 Å². The average Bonchev–Trinajstić information content (AvgIpc) is 1.09. The highest BCUT2D eigenvalue weighted by molar-refractivity contribution is 8.01. The second-order valence-corrected chi connectivity index (χ2v) is 42.9. The topological polar surface area (TPSA) is 126 Å². The minimum atomic E-state index is 0.339. The van der Waals surface area contributed by atoms with Gasteiger partial charge in [-0.2, -0.15) is 114 Å². The number of aromatic nitrogens is 11. The molecular weight excluding hydrogens is 1330 g/mol. The maximum atomic E-state index is 4.97. The molecule has 0 aliphatic rings. The summed E-state index contributed by atoms with van der Waals surface area (Å²) in [4.78, 5) is 25.3. The first-order valence-corrected chi connectivity index (χ1v) is 44.2. The molecule has 5 aromatic rings. The third-order valence-corrected chi connectivity index (χ3v) is 21.6. The standard InChI is InChI=1S/C19H28N2S2.2C13H25N3S2.C12H21N3S2.2C5H12S.C4H10/c1-12(2)15-7-8-16-17(9-15)21-19(11-23-14(5)6)18(20-16)10-22-13(3)4;1-9(2)16-13(8-18-11(5)6)12(14-15-16)7-17-10(3)4;1-9(2)16-14-12(7-17-10(3)4)13(15-16)8-18-11(5)6;1-7(2)10-13-11(16-8(3)4)15-12(14-10)17-9(5)6;2*1-4-6-5(2)3;1-4(2)3/h7-9,12-14H,10-11H2,1-6H3;2*9-11H,7-8H2,1-6H3;7-9H,1-6H3;2*5H,4H2,1-3H3;4H,1-3H3. The van der Waals surface area contributed by atoms with Gasteiger partial charge in [0.2, 0.25) is 0 Å². The molecule has 0 bridgehead atoms. The van der Waals surface area contributed by atoms with Crippen LogP contribution in [0.2, 0.25) is 0 Å². The van der Waals surface area contributed by atoms with Gasteiger partial charge >= 0.3 is 0 Å². The zero-order valence-electron chi connectivity index (χ0n) is 64.1. The van der Waals surface area contributed by atoms with Crippen LogP contribution in [0.5, 0.6) is 0 Å². The van der Waals surface area contributed by atoms with Gasteiger partial charge in [0, 0.05) is 57.0 Å². The summed E-state index contributed by atoms with van der Waals surface area (Å²) in [5.74, 6) is 10.9. The number of benzene rings is 1. The van der Waals surface area contributed by atoms with Gasteiger partial charge in [0.15, 0.2) is 10.3 Å². The van der Waals surface area contributed by atoms with E-state index in [2.05, 4.69) is 287 Å². The van der Waals surface area contributed by atoms with Crippen LogP contribution in [-0.2, 0) is 34.5 Å². The van der Waals surface area contributed by atoms with E-state index in [4.69, 9.17) is 9.97 Å². The SMILES string of the molecule is CC(C)C.CC(C)SCc1nc2ccc(C(C)C)cc2nc1CSC(C)C.CC(C)SCc1nn(C(C)C)nc1CSC(C)C.CC(C)SCc1nnn(C(C)C)c1CSC(C)C.CC(C)Sc1nc(SC(C)C)nc(C(C)C)n1.CCSC(C)C.CCSC(C)C. The first-order chi connectivity index (χ1) is 42.8. The van der Waals surface area contributed by atoms with E-state index in [0.717, 1.165) is 107 Å². The Morgan fingerprint density at radius 1 is 0.348 bits per heavy atom. The molecule has 4 heterocycles. The Bertz CT molecular complexity index is 2530. The van der Waals surface area contributed by atoms with Crippen molar-refractivity contribution >= 4 is 129 Å². The molecule has 532 valence electrons. The Balaban J connectivity index is 0. The van der Waals surface area contributed by atoms with E-state index >= 15 is 0 Å². The molecule has 0 saturated heterocycles. The Hall–Kier alpha value is -0.650. The second-order valence-electron chi connectivity index (χ2n) is 26.7. The van der Waals surface area contributed by atoms with Crippen molar-refractivity contribution in [1.29, 1.82) is 0 Å². The highest BCUT2D eigenvalue weighted by atomic mass is 32.2. The van der Waals surface area contributed by atoms with E-state index in [-0.39, 0.29) is 0 Å². The van der Waals surface area contributed by atoms with Crippen LogP contribution in [0.25, 0.3) is 11.0 Å². The fourth-order valence-electron chi connectivity index (χ4n) is 6.88. The molecule has 4 aromatic heterocycles. The van der Waals surface area contributed by atoms with Crippen molar-refractivity contribution < 1.29 is 0 Å². The van der Waals surface area contributed by atoms with Gasteiger partial charge in [-0.25, -0.2) is 24.6 Å². The molecule has 0 fully saturated rings. The van der Waals surface area contributed by atoms with Gasteiger partial charge in [0.25, 0.3) is 0 Å². The van der Waals surface area contributed by atoms with Crippen molar-refractivity contribution in [2.24, 2.45) is 5.92 Å². The van der Waals surface area contributed by atoms with Crippen LogP contribution in [0.15, 0.2) is 28.5 Å². The van der Waals surface area contributed by atoms with Crippen molar-refractivity contribution in [2.45, 2.75) is 350 Å². The lowest BCUT2D eigenvalue weighted by Gasteiger charge is -2.13. The predicted octanol–water partition coefficient (Wildman–Crippen LogP) is 24.3. The highest BCUT2D eigenvalue weighted by Crippen LogP contribution is 2.30. The van der Waals surface area contributed by atoms with E-state index in [0.29, 0.717) is 65.9 Å². The third kappa shape index (κ3) is 47.4. The van der Waals surface area contributed by atoms with Gasteiger partial charge in [0.05, 0.1) is 51.2 Å². The fraction of sp³-hybridized carbons (Fsp3) is 0.789. The monoisotopic (exact) mass is 1460 g/mol. The van der Waals surface area contributed by atoms with Crippen LogP contribution < -0.4 is 0 Å². The van der Waals surface area contributed by atoms with Gasteiger partial charge in [-0.05, 0) is 111 Å². The number of nitrogens with zero attached hydrogens (tertiary/aromatic N) is 11. The molecular formula is C71H133N11S10. The molecule has 0 aliphatic carbocycles. The van der Waals surface area contributed by atoms with Gasteiger partial charge in [-0.1, -0.05) is 236 Å². The quantitative estimate of drug-likeness (QED) is 0.0404. The summed E-state index contributed by atoms with van der Waals surface area (Å²) in [6.45, 7) is 72.3. The number of fused-ring (bicyclic) bond motifs is 1. The first kappa shape index (κ1) is 93.4. The molecule has 5 rings (SSSR count). The molecule has 0 unspecified atom stereocenters. The van der Waals surface area contributed by atoms with E-state index in [1.54, 1.807) is 23.5 Å². The number of thioether (sulfide) groups is 10. The number of hydrogen-bond acceptors (Lipinski definition) is 19. The van der Waals surface area contributed by atoms with E-state index in [1.165, 1.54) is 22.8 Å². The third-order valence-electron chi connectivity index (χ3n) is 11.2. The largest absolute Gasteiger partial charge is 0.248 e. The summed E-state index contributed by atoms with van der Waals surface area (Å²) in [6, 6.07) is 7.24. The summed E-state index contributed by atoms with van der Waals surface area (Å²) < 4.78 is 2.08. The Morgan fingerprint density at radius 2 is 0.696 bits per heavy atom. The summed E-state index contributed by atoms with van der Waals surface area (Å²) in [7, 11) is 0. The van der Waals surface area contributed by atoms with Crippen molar-refractivity contribution in [2.75, 3.05) is 11.5 Å². The molecule has 21 heteroatoms. The van der Waals surface area contributed by atoms with Crippen molar-refractivity contribution in [3.63, 3.8) is 0 Å². The predicted molar refractivity (Wildman–Crippen MR) is 436 cm³/mol. The number of hydrogen-bond donors (Lipinski definition) is 0. The lowest BCUT2D eigenvalue weighted by atomic mass is 10.0. The van der Waals surface area contributed by atoms with E-state index in [1.807, 2.05) is 98.9 Å². The minimum absolute atomic E-state index is 0.339. The summed E-state index contributed by atoms with van der Waals surface area (Å²) in [5, 5.41) is 26.0. The molecule has 0 radical (unpaired) electrons. The zero-order chi connectivity index (χ0) is 71.0. The Labute approximate surface area is 609 Å². The maximum absolute atomic E-state index is 4.97. The molecule has 0 spiro atoms. The van der Waals surface area contributed by atoms with Gasteiger partial charge < -0.3 is 0 Å². The van der Waals surface area contributed by atoms with Crippen molar-refractivity contribution in [3.8, 4) is 0 Å². The molecule has 0 saturated carbocycles. The smallest absolute Gasteiger partial charge is 0.192 e. The molecule has 92 heavy (non-hydrogen) atoms. The van der Waals surface area contributed by atoms with Crippen molar-refractivity contribution in [1.82, 2.24) is 54.9 Å². The van der Waals surface area contributed by atoms with E-state index < -0.39 is 0 Å². The molecule has 11 nitrogen and oxygen atoms in total. The molecule has 0 atom stereocenters. The highest BCUT2D eigenvalue weighted by Gasteiger charge is 2.19. The molecule has 0 aliphatic heterocycles. The van der Waals surface area contributed by atoms with Crippen LogP contribution in [0.1, 0.15) is 298 Å². The first-order valence-electron chi connectivity index (χ1n) is 34.0. The van der Waals surface area contributed by atoms with Crippen LogP contribution in [0.4, 0.5) is 0 Å². The van der Waals surface area contributed by atoms with Gasteiger partial charge in [0.1, 0.15) is 5.82 Å². The zero-order valence-corrected chi connectivity index (χ0v) is 72.2. The van der Waals surface area contributed by atoms with Crippen LogP contribution in [0, 0.1) is 5.92 Å². The fourth-order valence-corrected chi connectivity index (χ4v) is 14.1. The minimum Gasteiger partial charge on any atom is -0.248 e. The van der Waals surface area contributed by atoms with Gasteiger partial charge in [-0.15, -0.1) is 5.10 Å². The summed E-state index contributed by atoms with van der Waals surface area (Å²) in [5.41, 5.74) is 10.5. The Kier molecular flexibility index (Phi) is 54.1. The van der Waals surface area contributed by atoms with Gasteiger partial charge in [-0.3, -0.25) is 0 Å². The van der Waals surface area contributed by atoms with E-state index in [9.17, 15) is 0 Å². The lowest BCUT2D eigenvalue weighted by molar-refractivity contribution is 0.462. The Morgan fingerprint density at radius 3 is 1.00 bits per heavy atom. The van der Waals surface area contributed by atoms with Crippen LogP contribution >= 0.6 is 118 Å². The number of rotatable bonds is 30.